The highest BCUT2D eigenvalue weighted by atomic mass is 16.5. The summed E-state index contributed by atoms with van der Waals surface area (Å²) in [5.74, 6) is 0.954. The third-order valence-electron chi connectivity index (χ3n) is 2.61. The van der Waals surface area contributed by atoms with Gasteiger partial charge in [-0.2, -0.15) is 5.26 Å². The first kappa shape index (κ1) is 13.6. The molecular weight excluding hydrogens is 256 g/mol. The van der Waals surface area contributed by atoms with Gasteiger partial charge in [0.05, 0.1) is 24.3 Å². The number of nitriles is 1. The molecule has 0 saturated carbocycles. The van der Waals surface area contributed by atoms with Crippen LogP contribution in [0.25, 0.3) is 0 Å². The number of methoxy groups -OCH3 is 1. The molecule has 0 atom stereocenters. The Bertz CT molecular complexity index is 690. The van der Waals surface area contributed by atoms with Crippen LogP contribution in [0, 0.1) is 11.3 Å². The fourth-order valence-corrected chi connectivity index (χ4v) is 1.66. The van der Waals surface area contributed by atoms with E-state index in [4.69, 9.17) is 14.7 Å². The lowest BCUT2D eigenvalue weighted by atomic mass is 10.2. The lowest BCUT2D eigenvalue weighted by Crippen LogP contribution is -1.99. The van der Waals surface area contributed by atoms with Gasteiger partial charge in [0.2, 0.25) is 5.88 Å². The summed E-state index contributed by atoms with van der Waals surface area (Å²) in [6, 6.07) is 10.1. The Morgan fingerprint density at radius 2 is 2.05 bits per heavy atom. The lowest BCUT2D eigenvalue weighted by Gasteiger charge is -2.09. The van der Waals surface area contributed by atoms with Gasteiger partial charge in [-0.15, -0.1) is 0 Å². The Balaban J connectivity index is 2.40. The third-order valence-corrected chi connectivity index (χ3v) is 2.61. The van der Waals surface area contributed by atoms with Gasteiger partial charge in [-0.3, -0.25) is 4.79 Å². The first-order chi connectivity index (χ1) is 9.63. The number of ether oxygens (including phenoxy) is 2. The minimum absolute atomic E-state index is 0.142. The van der Waals surface area contributed by atoms with Crippen LogP contribution in [-0.4, -0.2) is 17.9 Å². The summed E-state index contributed by atoms with van der Waals surface area (Å²) in [4.78, 5) is 15.5. The molecule has 0 amide bonds. The van der Waals surface area contributed by atoms with Crippen molar-refractivity contribution in [3.63, 3.8) is 0 Å². The van der Waals surface area contributed by atoms with Crippen LogP contribution in [-0.2, 0) is 0 Å². The maximum Gasteiger partial charge on any atom is 0.230 e. The predicted octanol–water partition coefficient (Wildman–Crippen LogP) is 2.96. The van der Waals surface area contributed by atoms with Crippen molar-refractivity contribution < 1.29 is 14.3 Å². The van der Waals surface area contributed by atoms with Gasteiger partial charge in [-0.05, 0) is 31.2 Å². The molecule has 5 heteroatoms. The van der Waals surface area contributed by atoms with Crippen molar-refractivity contribution in [1.82, 2.24) is 4.98 Å². The normalized spacial score (nSPS) is 9.65. The van der Waals surface area contributed by atoms with E-state index in [-0.39, 0.29) is 11.7 Å². The van der Waals surface area contributed by atoms with Gasteiger partial charge in [-0.25, -0.2) is 4.98 Å². The van der Waals surface area contributed by atoms with E-state index in [0.717, 1.165) is 0 Å². The molecule has 0 aliphatic carbocycles. The van der Waals surface area contributed by atoms with E-state index in [1.165, 1.54) is 20.2 Å². The average molecular weight is 268 g/mol. The number of nitrogens with zero attached hydrogens (tertiary/aromatic N) is 2. The molecule has 1 aromatic carbocycles. The van der Waals surface area contributed by atoms with Gasteiger partial charge in [0.15, 0.2) is 5.78 Å². The van der Waals surface area contributed by atoms with E-state index in [1.54, 1.807) is 30.3 Å². The Labute approximate surface area is 116 Å². The minimum Gasteiger partial charge on any atom is -0.497 e. The van der Waals surface area contributed by atoms with E-state index in [9.17, 15) is 4.79 Å². The number of hydrogen-bond acceptors (Lipinski definition) is 5. The number of rotatable bonds is 4. The van der Waals surface area contributed by atoms with Crippen LogP contribution in [0.4, 0.5) is 0 Å². The monoisotopic (exact) mass is 268 g/mol. The van der Waals surface area contributed by atoms with Crippen molar-refractivity contribution in [3.8, 4) is 23.4 Å². The number of carbonyl (C=O) groups excluding carboxylic acids is 1. The Morgan fingerprint density at radius 3 is 2.70 bits per heavy atom. The van der Waals surface area contributed by atoms with Crippen LogP contribution in [0.15, 0.2) is 36.5 Å². The van der Waals surface area contributed by atoms with Crippen LogP contribution in [0.2, 0.25) is 0 Å². The van der Waals surface area contributed by atoms with Crippen molar-refractivity contribution in [2.24, 2.45) is 0 Å². The summed E-state index contributed by atoms with van der Waals surface area (Å²) in [6.45, 7) is 1.44. The fourth-order valence-electron chi connectivity index (χ4n) is 1.66. The molecule has 0 bridgehead atoms. The van der Waals surface area contributed by atoms with Crippen molar-refractivity contribution in [2.45, 2.75) is 6.92 Å². The summed E-state index contributed by atoms with van der Waals surface area (Å²) < 4.78 is 10.7. The molecule has 5 nitrogen and oxygen atoms in total. The molecule has 0 spiro atoms. The number of carbonyl (C=O) groups is 1. The second kappa shape index (κ2) is 5.85. The zero-order chi connectivity index (χ0) is 14.5. The summed E-state index contributed by atoms with van der Waals surface area (Å²) >= 11 is 0. The van der Waals surface area contributed by atoms with Gasteiger partial charge in [0.25, 0.3) is 0 Å². The molecule has 1 aromatic heterocycles. The molecule has 2 rings (SSSR count). The molecule has 0 saturated heterocycles. The van der Waals surface area contributed by atoms with E-state index in [0.29, 0.717) is 22.6 Å². The summed E-state index contributed by atoms with van der Waals surface area (Å²) in [5.41, 5.74) is 0.786. The van der Waals surface area contributed by atoms with E-state index >= 15 is 0 Å². The molecule has 0 aliphatic rings. The summed E-state index contributed by atoms with van der Waals surface area (Å²) in [7, 11) is 1.50. The summed E-state index contributed by atoms with van der Waals surface area (Å²) in [5, 5.41) is 8.96. The lowest BCUT2D eigenvalue weighted by molar-refractivity contribution is 0.101. The zero-order valence-corrected chi connectivity index (χ0v) is 11.1. The van der Waals surface area contributed by atoms with Gasteiger partial charge >= 0.3 is 0 Å². The Kier molecular flexibility index (Phi) is 3.96. The molecule has 0 N–H and O–H groups in total. The largest absolute Gasteiger partial charge is 0.497 e. The van der Waals surface area contributed by atoms with Gasteiger partial charge in [0, 0.05) is 12.3 Å². The molecular formula is C15H12N2O3. The van der Waals surface area contributed by atoms with Crippen LogP contribution in [0.1, 0.15) is 22.8 Å². The number of pyridine rings is 1. The first-order valence-electron chi connectivity index (χ1n) is 5.87. The molecule has 2 aromatic rings. The topological polar surface area (TPSA) is 72.2 Å². The maximum absolute atomic E-state index is 11.5. The number of Topliss-reactive ketones (excluding diaryl/α,β-unsaturated/α-hetero) is 1. The van der Waals surface area contributed by atoms with Gasteiger partial charge in [0.1, 0.15) is 11.5 Å². The molecule has 0 aliphatic heterocycles. The standard InChI is InChI=1S/C15H12N2O3/c1-10(18)14-4-3-5-17-15(14)20-13-7-11(9-16)6-12(8-13)19-2/h3-8H,1-2H3. The van der Waals surface area contributed by atoms with E-state index in [2.05, 4.69) is 4.98 Å². The quantitative estimate of drug-likeness (QED) is 0.797. The number of benzene rings is 1. The Hall–Kier alpha value is -2.87. The SMILES string of the molecule is COc1cc(C#N)cc(Oc2ncccc2C(C)=O)c1. The van der Waals surface area contributed by atoms with Crippen molar-refractivity contribution in [2.75, 3.05) is 7.11 Å². The van der Waals surface area contributed by atoms with E-state index < -0.39 is 0 Å². The van der Waals surface area contributed by atoms with Crippen molar-refractivity contribution >= 4 is 5.78 Å². The predicted molar refractivity (Wildman–Crippen MR) is 72.0 cm³/mol. The highest BCUT2D eigenvalue weighted by molar-refractivity contribution is 5.96. The molecule has 1 heterocycles. The van der Waals surface area contributed by atoms with Crippen molar-refractivity contribution in [1.29, 1.82) is 5.26 Å². The molecule has 0 radical (unpaired) electrons. The fraction of sp³-hybridized carbons (Fsp3) is 0.133. The maximum atomic E-state index is 11.5. The van der Waals surface area contributed by atoms with Crippen LogP contribution in [0.3, 0.4) is 0 Å². The smallest absolute Gasteiger partial charge is 0.230 e. The van der Waals surface area contributed by atoms with Gasteiger partial charge in [-0.1, -0.05) is 0 Å². The third kappa shape index (κ3) is 2.93. The van der Waals surface area contributed by atoms with Crippen LogP contribution >= 0.6 is 0 Å². The van der Waals surface area contributed by atoms with Crippen molar-refractivity contribution in [3.05, 3.63) is 47.7 Å². The average Bonchev–Trinajstić information content (AvgIpc) is 2.47. The summed E-state index contributed by atoms with van der Waals surface area (Å²) in [6.07, 6.45) is 1.53. The Morgan fingerprint density at radius 1 is 1.30 bits per heavy atom. The molecule has 20 heavy (non-hydrogen) atoms. The van der Waals surface area contributed by atoms with E-state index in [1.807, 2.05) is 6.07 Å². The molecule has 100 valence electrons. The number of ketones is 1. The minimum atomic E-state index is -0.142. The highest BCUT2D eigenvalue weighted by Gasteiger charge is 2.11. The van der Waals surface area contributed by atoms with Crippen LogP contribution in [0.5, 0.6) is 17.4 Å². The molecule has 0 fully saturated rings. The second-order valence-corrected chi connectivity index (χ2v) is 4.02. The second-order valence-electron chi connectivity index (χ2n) is 4.02. The van der Waals surface area contributed by atoms with Gasteiger partial charge < -0.3 is 9.47 Å². The zero-order valence-electron chi connectivity index (χ0n) is 11.1. The number of aromatic nitrogens is 1. The first-order valence-corrected chi connectivity index (χ1v) is 5.87. The highest BCUT2D eigenvalue weighted by Crippen LogP contribution is 2.28. The molecule has 0 unspecified atom stereocenters. The number of hydrogen-bond donors (Lipinski definition) is 0. The van der Waals surface area contributed by atoms with Crippen LogP contribution < -0.4 is 9.47 Å².